The number of carbonyl (C=O) groups excluding carboxylic acids is 1. The highest BCUT2D eigenvalue weighted by Gasteiger charge is 2.13. The van der Waals surface area contributed by atoms with Gasteiger partial charge in [0, 0.05) is 5.02 Å². The zero-order chi connectivity index (χ0) is 19.4. The van der Waals surface area contributed by atoms with Crippen LogP contribution in [0.4, 0.5) is 5.69 Å². The monoisotopic (exact) mass is 381 g/mol. The number of benzene rings is 3. The summed E-state index contributed by atoms with van der Waals surface area (Å²) in [6, 6.07) is 18.5. The van der Waals surface area contributed by atoms with Crippen LogP contribution in [0.15, 0.2) is 66.7 Å². The van der Waals surface area contributed by atoms with Crippen LogP contribution in [-0.2, 0) is 11.2 Å². The summed E-state index contributed by atoms with van der Waals surface area (Å²) in [5.41, 5.74) is 2.85. The Balaban J connectivity index is 1.71. The second-order valence-corrected chi connectivity index (χ2v) is 6.40. The Labute approximate surface area is 160 Å². The van der Waals surface area contributed by atoms with Gasteiger partial charge in [0.15, 0.2) is 0 Å². The number of aromatic hydroxyl groups is 1. The highest BCUT2D eigenvalue weighted by molar-refractivity contribution is 6.31. The Morgan fingerprint density at radius 1 is 0.889 bits per heavy atom. The Morgan fingerprint density at radius 3 is 2.07 bits per heavy atom. The van der Waals surface area contributed by atoms with Gasteiger partial charge >= 0.3 is 5.97 Å². The Bertz CT molecular complexity index is 982. The van der Waals surface area contributed by atoms with Crippen LogP contribution in [-0.4, -0.2) is 22.1 Å². The van der Waals surface area contributed by atoms with Crippen molar-refractivity contribution in [1.82, 2.24) is 0 Å². The van der Waals surface area contributed by atoms with E-state index in [0.29, 0.717) is 5.02 Å². The summed E-state index contributed by atoms with van der Waals surface area (Å²) in [4.78, 5) is 23.5. The molecule has 0 saturated heterocycles. The van der Waals surface area contributed by atoms with Crippen LogP contribution in [0.5, 0.6) is 5.75 Å². The lowest BCUT2D eigenvalue weighted by Crippen LogP contribution is -2.16. The number of phenolic OH excluding ortho intramolecular Hbond substituents is 1. The van der Waals surface area contributed by atoms with Crippen molar-refractivity contribution in [2.24, 2.45) is 0 Å². The highest BCUT2D eigenvalue weighted by atomic mass is 35.5. The van der Waals surface area contributed by atoms with Gasteiger partial charge in [-0.25, -0.2) is 4.79 Å². The first-order chi connectivity index (χ1) is 12.9. The maximum Gasteiger partial charge on any atom is 0.337 e. The molecule has 1 amide bonds. The molecular formula is C21H16ClNO4. The maximum absolute atomic E-state index is 12.3. The van der Waals surface area contributed by atoms with Gasteiger partial charge < -0.3 is 15.5 Å². The standard InChI is InChI=1S/C21H16ClNO4/c22-16-7-10-18(21(26)27)19(12-16)23-20(25)11-13-1-3-14(4-2-13)15-5-8-17(24)9-6-15/h1-10,12,24H,11H2,(H,23,25)(H,26,27). The molecule has 6 heteroatoms. The smallest absolute Gasteiger partial charge is 0.337 e. The SMILES string of the molecule is O=C(Cc1ccc(-c2ccc(O)cc2)cc1)Nc1cc(Cl)ccc1C(=O)O. The fourth-order valence-electron chi connectivity index (χ4n) is 2.66. The molecule has 27 heavy (non-hydrogen) atoms. The van der Waals surface area contributed by atoms with Crippen molar-refractivity contribution in [3.8, 4) is 16.9 Å². The summed E-state index contributed by atoms with van der Waals surface area (Å²) >= 11 is 5.89. The maximum atomic E-state index is 12.3. The minimum absolute atomic E-state index is 0.0181. The molecule has 3 N–H and O–H groups in total. The quantitative estimate of drug-likeness (QED) is 0.603. The topological polar surface area (TPSA) is 86.6 Å². The lowest BCUT2D eigenvalue weighted by Gasteiger charge is -2.09. The number of rotatable bonds is 5. The Hall–Kier alpha value is -3.31. The third-order valence-corrected chi connectivity index (χ3v) is 4.24. The predicted molar refractivity (Wildman–Crippen MR) is 104 cm³/mol. The van der Waals surface area contributed by atoms with Crippen molar-refractivity contribution in [2.45, 2.75) is 6.42 Å². The number of phenols is 1. The van der Waals surface area contributed by atoms with Crippen LogP contribution in [0.2, 0.25) is 5.02 Å². The lowest BCUT2D eigenvalue weighted by atomic mass is 10.0. The molecule has 0 heterocycles. The van der Waals surface area contributed by atoms with Crippen molar-refractivity contribution in [1.29, 1.82) is 0 Å². The molecule has 0 unspecified atom stereocenters. The van der Waals surface area contributed by atoms with E-state index in [2.05, 4.69) is 5.32 Å². The number of halogens is 1. The van der Waals surface area contributed by atoms with E-state index in [0.717, 1.165) is 16.7 Å². The van der Waals surface area contributed by atoms with E-state index >= 15 is 0 Å². The average Bonchev–Trinajstić information content (AvgIpc) is 2.63. The summed E-state index contributed by atoms with van der Waals surface area (Å²) in [5.74, 6) is -1.27. The zero-order valence-electron chi connectivity index (χ0n) is 14.1. The highest BCUT2D eigenvalue weighted by Crippen LogP contribution is 2.23. The molecule has 0 aliphatic rings. The number of hydrogen-bond acceptors (Lipinski definition) is 3. The van der Waals surface area contributed by atoms with Gasteiger partial charge in [-0.3, -0.25) is 4.79 Å². The van der Waals surface area contributed by atoms with E-state index in [4.69, 9.17) is 11.6 Å². The molecule has 5 nitrogen and oxygen atoms in total. The second-order valence-electron chi connectivity index (χ2n) is 5.96. The van der Waals surface area contributed by atoms with Gasteiger partial charge in [0.25, 0.3) is 0 Å². The number of nitrogens with one attached hydrogen (secondary N) is 1. The van der Waals surface area contributed by atoms with Crippen molar-refractivity contribution < 1.29 is 19.8 Å². The third-order valence-electron chi connectivity index (χ3n) is 4.01. The number of hydrogen-bond donors (Lipinski definition) is 3. The molecule has 3 aromatic carbocycles. The summed E-state index contributed by atoms with van der Waals surface area (Å²) in [6.07, 6.45) is 0.0986. The third kappa shape index (κ3) is 4.65. The fraction of sp³-hybridized carbons (Fsp3) is 0.0476. The molecule has 0 bridgehead atoms. The van der Waals surface area contributed by atoms with Gasteiger partial charge in [-0.2, -0.15) is 0 Å². The van der Waals surface area contributed by atoms with Crippen molar-refractivity contribution >= 4 is 29.2 Å². The normalized spacial score (nSPS) is 10.4. The first kappa shape index (κ1) is 18.5. The van der Waals surface area contributed by atoms with Gasteiger partial charge in [-0.05, 0) is 47.0 Å². The van der Waals surface area contributed by atoms with Gasteiger partial charge in [-0.15, -0.1) is 0 Å². The molecule has 3 aromatic rings. The molecular weight excluding hydrogens is 366 g/mol. The van der Waals surface area contributed by atoms with Crippen molar-refractivity contribution in [3.63, 3.8) is 0 Å². The molecule has 136 valence electrons. The Morgan fingerprint density at radius 2 is 1.48 bits per heavy atom. The van der Waals surface area contributed by atoms with Gasteiger partial charge in [0.1, 0.15) is 5.75 Å². The Kier molecular flexibility index (Phi) is 5.43. The molecule has 0 aliphatic heterocycles. The molecule has 3 rings (SSSR count). The molecule has 0 radical (unpaired) electrons. The summed E-state index contributed by atoms with van der Waals surface area (Å²) < 4.78 is 0. The second kappa shape index (κ2) is 7.93. The van der Waals surface area contributed by atoms with Crippen LogP contribution in [0.25, 0.3) is 11.1 Å². The number of anilines is 1. The number of amides is 1. The fourth-order valence-corrected chi connectivity index (χ4v) is 2.83. The number of aromatic carboxylic acids is 1. The molecule has 0 fully saturated rings. The zero-order valence-corrected chi connectivity index (χ0v) is 14.9. The first-order valence-electron chi connectivity index (χ1n) is 8.13. The number of carbonyl (C=O) groups is 2. The largest absolute Gasteiger partial charge is 0.508 e. The summed E-state index contributed by atoms with van der Waals surface area (Å²) in [7, 11) is 0. The molecule has 0 atom stereocenters. The van der Waals surface area contributed by atoms with Crippen LogP contribution in [0.3, 0.4) is 0 Å². The van der Waals surface area contributed by atoms with Crippen LogP contribution in [0.1, 0.15) is 15.9 Å². The van der Waals surface area contributed by atoms with E-state index in [-0.39, 0.29) is 29.3 Å². The predicted octanol–water partition coefficient (Wildman–Crippen LogP) is 4.59. The van der Waals surface area contributed by atoms with Crippen LogP contribution in [0, 0.1) is 0 Å². The van der Waals surface area contributed by atoms with E-state index in [1.54, 1.807) is 12.1 Å². The van der Waals surface area contributed by atoms with Gasteiger partial charge in [0.2, 0.25) is 5.91 Å². The number of carboxylic acid groups (broad SMARTS) is 1. The van der Waals surface area contributed by atoms with E-state index < -0.39 is 5.97 Å². The van der Waals surface area contributed by atoms with Crippen LogP contribution < -0.4 is 5.32 Å². The minimum atomic E-state index is -1.14. The molecule has 0 aromatic heterocycles. The van der Waals surface area contributed by atoms with E-state index in [1.807, 2.05) is 36.4 Å². The first-order valence-corrected chi connectivity index (χ1v) is 8.51. The minimum Gasteiger partial charge on any atom is -0.508 e. The van der Waals surface area contributed by atoms with Crippen LogP contribution >= 0.6 is 11.6 Å². The molecule has 0 aliphatic carbocycles. The molecule has 0 saturated carbocycles. The van der Waals surface area contributed by atoms with E-state index in [1.165, 1.54) is 18.2 Å². The molecule has 0 spiro atoms. The number of carboxylic acids is 1. The van der Waals surface area contributed by atoms with Crippen molar-refractivity contribution in [3.05, 3.63) is 82.9 Å². The summed E-state index contributed by atoms with van der Waals surface area (Å²) in [6.45, 7) is 0. The van der Waals surface area contributed by atoms with Gasteiger partial charge in [0.05, 0.1) is 17.7 Å². The van der Waals surface area contributed by atoms with Crippen molar-refractivity contribution in [2.75, 3.05) is 5.32 Å². The lowest BCUT2D eigenvalue weighted by molar-refractivity contribution is -0.115. The van der Waals surface area contributed by atoms with E-state index in [9.17, 15) is 19.8 Å². The average molecular weight is 382 g/mol. The summed E-state index contributed by atoms with van der Waals surface area (Å²) in [5, 5.41) is 21.5. The van der Waals surface area contributed by atoms with Gasteiger partial charge in [-0.1, -0.05) is 48.0 Å².